The van der Waals surface area contributed by atoms with Crippen molar-refractivity contribution < 1.29 is 9.90 Å². The minimum absolute atomic E-state index is 0.161. The van der Waals surface area contributed by atoms with Crippen molar-refractivity contribution in [3.05, 3.63) is 0 Å². The Hall–Kier alpha value is -0.570. The largest absolute Gasteiger partial charge is 0.480 e. The molecule has 0 aromatic rings. The second kappa shape index (κ2) is 1.23. The number of hydrogen-bond acceptors (Lipinski definition) is 2. The molecule has 1 saturated heterocycles. The Kier molecular flexibility index (Phi) is 0.854. The van der Waals surface area contributed by atoms with Gasteiger partial charge in [-0.05, 0) is 13.8 Å². The first-order chi connectivity index (χ1) is 3.54. The van der Waals surface area contributed by atoms with Crippen LogP contribution in [-0.2, 0) is 4.79 Å². The van der Waals surface area contributed by atoms with Gasteiger partial charge in [0.1, 0.15) is 6.04 Å². The monoisotopic (exact) mass is 115 g/mol. The third kappa shape index (κ3) is 0.690. The zero-order valence-electron chi connectivity index (χ0n) is 4.93. The van der Waals surface area contributed by atoms with Gasteiger partial charge in [0.15, 0.2) is 0 Å². The van der Waals surface area contributed by atoms with Crippen LogP contribution in [0.25, 0.3) is 0 Å². The summed E-state index contributed by atoms with van der Waals surface area (Å²) in [6.45, 7) is 3.73. The fourth-order valence-corrected chi connectivity index (χ4v) is 0.701. The molecule has 0 aromatic heterocycles. The van der Waals surface area contributed by atoms with Crippen molar-refractivity contribution in [2.75, 3.05) is 0 Å². The first-order valence-electron chi connectivity index (χ1n) is 2.54. The van der Waals surface area contributed by atoms with E-state index in [-0.39, 0.29) is 11.6 Å². The molecule has 0 unspecified atom stereocenters. The maximum atomic E-state index is 10.1. The zero-order valence-corrected chi connectivity index (χ0v) is 4.93. The van der Waals surface area contributed by atoms with Gasteiger partial charge in [-0.15, -0.1) is 0 Å². The van der Waals surface area contributed by atoms with Gasteiger partial charge in [0.2, 0.25) is 0 Å². The molecule has 0 radical (unpaired) electrons. The number of hydrogen-bond donors (Lipinski definition) is 2. The second-order valence-corrected chi connectivity index (χ2v) is 2.64. The summed E-state index contributed by atoms with van der Waals surface area (Å²) in [7, 11) is 0. The van der Waals surface area contributed by atoms with Gasteiger partial charge in [0.05, 0.1) is 0 Å². The van der Waals surface area contributed by atoms with Crippen molar-refractivity contribution in [2.24, 2.45) is 0 Å². The van der Waals surface area contributed by atoms with E-state index >= 15 is 0 Å². The molecule has 0 bridgehead atoms. The number of carbonyl (C=O) groups is 1. The third-order valence-corrected chi connectivity index (χ3v) is 1.40. The molecule has 46 valence electrons. The Morgan fingerprint density at radius 1 is 1.75 bits per heavy atom. The lowest BCUT2D eigenvalue weighted by molar-refractivity contribution is -0.136. The van der Waals surface area contributed by atoms with Crippen LogP contribution in [-0.4, -0.2) is 22.7 Å². The Morgan fingerprint density at radius 3 is 2.12 bits per heavy atom. The highest BCUT2D eigenvalue weighted by Gasteiger charge is 2.50. The SMILES string of the molecule is CC1(C)N[C@@H]1C(=O)O. The van der Waals surface area contributed by atoms with Gasteiger partial charge in [-0.1, -0.05) is 0 Å². The molecule has 0 aliphatic carbocycles. The highest BCUT2D eigenvalue weighted by Crippen LogP contribution is 2.24. The van der Waals surface area contributed by atoms with Crippen molar-refractivity contribution in [3.63, 3.8) is 0 Å². The molecule has 0 amide bonds. The van der Waals surface area contributed by atoms with Gasteiger partial charge < -0.3 is 5.11 Å². The van der Waals surface area contributed by atoms with Crippen LogP contribution in [0, 0.1) is 0 Å². The lowest BCUT2D eigenvalue weighted by Crippen LogP contribution is -2.12. The maximum Gasteiger partial charge on any atom is 0.322 e. The van der Waals surface area contributed by atoms with Crippen molar-refractivity contribution in [3.8, 4) is 0 Å². The van der Waals surface area contributed by atoms with Gasteiger partial charge in [-0.3, -0.25) is 10.1 Å². The lowest BCUT2D eigenvalue weighted by Gasteiger charge is -1.90. The molecule has 1 aliphatic rings. The average molecular weight is 115 g/mol. The molecule has 0 aromatic carbocycles. The predicted molar refractivity (Wildman–Crippen MR) is 28.6 cm³/mol. The van der Waals surface area contributed by atoms with Crippen molar-refractivity contribution >= 4 is 5.97 Å². The highest BCUT2D eigenvalue weighted by molar-refractivity contribution is 5.79. The molecule has 3 heteroatoms. The van der Waals surface area contributed by atoms with Crippen LogP contribution in [0.3, 0.4) is 0 Å². The first kappa shape index (κ1) is 5.56. The molecule has 1 atom stereocenters. The molecule has 8 heavy (non-hydrogen) atoms. The number of carboxylic acids is 1. The van der Waals surface area contributed by atoms with Crippen LogP contribution in [0.15, 0.2) is 0 Å². The van der Waals surface area contributed by atoms with Crippen LogP contribution < -0.4 is 5.32 Å². The molecule has 3 nitrogen and oxygen atoms in total. The number of nitrogens with one attached hydrogen (secondary N) is 1. The fraction of sp³-hybridized carbons (Fsp3) is 0.800. The van der Waals surface area contributed by atoms with Gasteiger partial charge in [-0.25, -0.2) is 0 Å². The molecular weight excluding hydrogens is 106 g/mol. The van der Waals surface area contributed by atoms with Crippen molar-refractivity contribution in [1.82, 2.24) is 5.32 Å². The van der Waals surface area contributed by atoms with Gasteiger partial charge >= 0.3 is 5.97 Å². The summed E-state index contributed by atoms with van der Waals surface area (Å²) >= 11 is 0. The third-order valence-electron chi connectivity index (χ3n) is 1.40. The van der Waals surface area contributed by atoms with Crippen LogP contribution in [0.2, 0.25) is 0 Å². The van der Waals surface area contributed by atoms with E-state index in [0.29, 0.717) is 0 Å². The minimum atomic E-state index is -0.755. The molecule has 1 aliphatic heterocycles. The molecule has 0 spiro atoms. The number of rotatable bonds is 1. The Morgan fingerprint density at radius 2 is 2.12 bits per heavy atom. The smallest absolute Gasteiger partial charge is 0.322 e. The summed E-state index contributed by atoms with van der Waals surface area (Å²) in [6, 6.07) is -0.317. The molecule has 1 rings (SSSR count). The topological polar surface area (TPSA) is 59.2 Å². The van der Waals surface area contributed by atoms with Gasteiger partial charge in [0.25, 0.3) is 0 Å². The maximum absolute atomic E-state index is 10.1. The standard InChI is InChI=1S/C5H9NO2/c1-5(2)3(6-5)4(7)8/h3,6H,1-2H3,(H,7,8)/t3-/m1/s1. The normalized spacial score (nSPS) is 32.0. The van der Waals surface area contributed by atoms with Crippen LogP contribution in [0.4, 0.5) is 0 Å². The Bertz CT molecular complexity index is 130. The van der Waals surface area contributed by atoms with E-state index < -0.39 is 5.97 Å². The predicted octanol–water partition coefficient (Wildman–Crippen LogP) is -0.179. The molecule has 1 heterocycles. The summed E-state index contributed by atoms with van der Waals surface area (Å²) in [5, 5.41) is 11.1. The molecule has 0 saturated carbocycles. The Balaban J connectivity index is 2.48. The van der Waals surface area contributed by atoms with E-state index in [1.54, 1.807) is 0 Å². The molecular formula is C5H9NO2. The summed E-state index contributed by atoms with van der Waals surface area (Å²) in [5.74, 6) is -0.755. The van der Waals surface area contributed by atoms with Gasteiger partial charge in [-0.2, -0.15) is 0 Å². The quantitative estimate of drug-likeness (QED) is 0.466. The van der Waals surface area contributed by atoms with E-state index in [1.165, 1.54) is 0 Å². The van der Waals surface area contributed by atoms with E-state index in [2.05, 4.69) is 5.32 Å². The van der Waals surface area contributed by atoms with E-state index in [1.807, 2.05) is 13.8 Å². The Labute approximate surface area is 47.7 Å². The highest BCUT2D eigenvalue weighted by atomic mass is 16.4. The van der Waals surface area contributed by atoms with E-state index in [0.717, 1.165) is 0 Å². The second-order valence-electron chi connectivity index (χ2n) is 2.64. The number of carboxylic acid groups (broad SMARTS) is 1. The van der Waals surface area contributed by atoms with Crippen LogP contribution in [0.1, 0.15) is 13.8 Å². The summed E-state index contributed by atoms with van der Waals surface area (Å²) < 4.78 is 0. The number of aliphatic carboxylic acids is 1. The summed E-state index contributed by atoms with van der Waals surface area (Å²) in [5.41, 5.74) is -0.161. The zero-order chi connectivity index (χ0) is 6.36. The van der Waals surface area contributed by atoms with Crippen LogP contribution in [0.5, 0.6) is 0 Å². The summed E-state index contributed by atoms with van der Waals surface area (Å²) in [6.07, 6.45) is 0. The summed E-state index contributed by atoms with van der Waals surface area (Å²) in [4.78, 5) is 10.1. The van der Waals surface area contributed by atoms with Gasteiger partial charge in [0, 0.05) is 5.54 Å². The van der Waals surface area contributed by atoms with Crippen molar-refractivity contribution in [2.45, 2.75) is 25.4 Å². The minimum Gasteiger partial charge on any atom is -0.480 e. The van der Waals surface area contributed by atoms with Crippen molar-refractivity contribution in [1.29, 1.82) is 0 Å². The molecule has 2 N–H and O–H groups in total. The lowest BCUT2D eigenvalue weighted by atomic mass is 10.1. The van der Waals surface area contributed by atoms with E-state index in [9.17, 15) is 4.79 Å². The molecule has 1 fully saturated rings. The average Bonchev–Trinajstić information content (AvgIpc) is 2.13. The van der Waals surface area contributed by atoms with Crippen LogP contribution >= 0.6 is 0 Å². The first-order valence-corrected chi connectivity index (χ1v) is 2.54. The fourth-order valence-electron chi connectivity index (χ4n) is 0.701. The van der Waals surface area contributed by atoms with E-state index in [4.69, 9.17) is 5.11 Å².